The van der Waals surface area contributed by atoms with Crippen LogP contribution in [-0.4, -0.2) is 217 Å². The van der Waals surface area contributed by atoms with Crippen molar-refractivity contribution in [3.63, 3.8) is 0 Å². The molecule has 10 heterocycles. The number of methoxy groups -OCH3 is 10. The van der Waals surface area contributed by atoms with Crippen LogP contribution in [0.1, 0.15) is 301 Å². The molecule has 17 atom stereocenters. The predicted molar refractivity (Wildman–Crippen MR) is 456 cm³/mol. The van der Waals surface area contributed by atoms with E-state index in [2.05, 4.69) is 0 Å². The average Bonchev–Trinajstić information content (AvgIpc) is 0.662. The Balaban J connectivity index is 0.000000204. The van der Waals surface area contributed by atoms with Gasteiger partial charge in [-0.2, -0.15) is 0 Å². The molecule has 17 unspecified atom stereocenters. The van der Waals surface area contributed by atoms with Gasteiger partial charge < -0.3 is 72.9 Å². The minimum absolute atomic E-state index is 0.0187. The van der Waals surface area contributed by atoms with E-state index in [0.29, 0.717) is 11.3 Å². The third kappa shape index (κ3) is 21.1. The number of aliphatic hydroxyl groups excluding tert-OH is 2. The molecule has 5 N–H and O–H groups in total. The summed E-state index contributed by atoms with van der Waals surface area (Å²) >= 11 is 0. The summed E-state index contributed by atoms with van der Waals surface area (Å²) < 4.78 is 551. The average molecular weight is 1660 g/mol. The van der Waals surface area contributed by atoms with Crippen molar-refractivity contribution >= 4 is 0 Å². The number of piperidine rings is 5. The lowest BCUT2D eigenvalue weighted by Crippen LogP contribution is -2.48. The van der Waals surface area contributed by atoms with Crippen molar-refractivity contribution in [3.05, 3.63) is 116 Å². The fourth-order valence-electron chi connectivity index (χ4n) is 15.0. The summed E-state index contributed by atoms with van der Waals surface area (Å²) in [4.78, 5) is 4.44. The van der Waals surface area contributed by atoms with Gasteiger partial charge in [-0.15, -0.1) is 0 Å². The van der Waals surface area contributed by atoms with Gasteiger partial charge in [-0.25, -0.2) is 0 Å². The van der Waals surface area contributed by atoms with Crippen molar-refractivity contribution in [2.24, 2.45) is 59.1 Å². The van der Waals surface area contributed by atoms with Crippen LogP contribution in [-0.2, 0) is 31.9 Å². The van der Waals surface area contributed by atoms with E-state index in [1.165, 1.54) is 33.3 Å². The highest BCUT2D eigenvalue weighted by molar-refractivity contribution is 5.54. The Morgan fingerprint density at radius 2 is 0.635 bits per heavy atom. The largest absolute Gasteiger partial charge is 0.493 e. The first-order valence-corrected chi connectivity index (χ1v) is 37.4. The van der Waals surface area contributed by atoms with Gasteiger partial charge in [0, 0.05) is 148 Å². The van der Waals surface area contributed by atoms with Crippen LogP contribution in [0.5, 0.6) is 57.5 Å². The number of rotatable bonds is 20. The fraction of sp³-hybridized carbons (Fsp3) is 0.684. The highest BCUT2D eigenvalue weighted by Crippen LogP contribution is 2.50. The SMILES string of the molecule is [2H]c1c(OC([2H])([2H])[2H])c(OC)c([2H])c2c1C1CC(O)C(C([2H])([2H])C([2H])(C)C([2H])([2H])[2H])CN1C([2H])([2H])C2([2H])[2H].[2H]c1c(OC([2H])([2H])[2H])c(OC)c([2H])c2c1C1CC(O)C(CC(C)C)CN1C([2H])([2H])C2([2H])[2H].[2H]c1c(OC([2H])([2H])[2H])c(OC)c([2H])c2c1C1N(CC([2H])(CC(C)C)C([2H])(O)C1([2H])[2H])C([2H])([2H])C2([2H])[2H].[2H]c1c(OC)c(OC)c([2H])c2c1C1CC([2H])(O)C(C([2H])([2H])C([2H])(C)C([2H])([2H])[2H])CN1C([2H])([2H])C2([2H])[2H].[2H]c1c(OC)c(OC)c([2H])c2c1C1N(CC([2H])(CC(C)C)C([2H])(O)C1([2H])[2H])C([2H])([2H])C2([2H])[2H]. The first kappa shape index (κ1) is 39.5. The number of fused-ring (bicyclic) bond motifs is 15. The van der Waals surface area contributed by atoms with Gasteiger partial charge in [0.25, 0.3) is 0 Å². The Labute approximate surface area is 774 Å². The highest BCUT2D eigenvalue weighted by atomic mass is 16.5. The molecule has 0 aliphatic carbocycles. The van der Waals surface area contributed by atoms with Crippen molar-refractivity contribution in [1.82, 2.24) is 24.5 Å². The maximum absolute atomic E-state index is 11.2. The van der Waals surface area contributed by atoms with Crippen LogP contribution in [0.15, 0.2) is 60.4 Å². The van der Waals surface area contributed by atoms with Crippen molar-refractivity contribution in [2.75, 3.05) is 136 Å². The normalized spacial score (nSPS) is 45.4. The maximum atomic E-state index is 11.2. The van der Waals surface area contributed by atoms with Crippen LogP contribution in [0, 0.1) is 59.1 Å². The van der Waals surface area contributed by atoms with E-state index < -0.39 is 388 Å². The Bertz CT molecular complexity index is 6920. The van der Waals surface area contributed by atoms with Crippen LogP contribution in [0.4, 0.5) is 0 Å². The predicted octanol–water partition coefficient (Wildman–Crippen LogP) is 15.1. The van der Waals surface area contributed by atoms with E-state index in [1.54, 1.807) is 27.7 Å². The molecule has 5 saturated heterocycles. The van der Waals surface area contributed by atoms with Gasteiger partial charge in [0.2, 0.25) is 0 Å². The molecule has 10 aliphatic heterocycles. The number of benzene rings is 5. The van der Waals surface area contributed by atoms with E-state index in [-0.39, 0.29) is 94.7 Å². The van der Waals surface area contributed by atoms with Gasteiger partial charge in [0.05, 0.1) is 131 Å². The summed E-state index contributed by atoms with van der Waals surface area (Å²) in [6.45, 7) is -11.3. The van der Waals surface area contributed by atoms with Crippen molar-refractivity contribution in [2.45, 2.75) is 226 Å². The Kier molecular flexibility index (Phi) is 14.0. The minimum Gasteiger partial charge on any atom is -0.493 e. The second kappa shape index (κ2) is 40.6. The minimum atomic E-state index is -3.19. The quantitative estimate of drug-likeness (QED) is 0.0491. The lowest BCUT2D eigenvalue weighted by molar-refractivity contribution is -0.0192. The zero-order chi connectivity index (χ0) is 136. The monoisotopic (exact) mass is 1660 g/mol. The van der Waals surface area contributed by atoms with E-state index >= 15 is 0 Å². The molecular formula is C95H145N5O15. The van der Waals surface area contributed by atoms with Crippen LogP contribution >= 0.6 is 0 Å². The van der Waals surface area contributed by atoms with Crippen molar-refractivity contribution in [1.29, 1.82) is 0 Å². The molecule has 0 radical (unpaired) electrons. The molecular weight excluding hydrogens is 1450 g/mol. The molecule has 0 aromatic heterocycles. The van der Waals surface area contributed by atoms with Gasteiger partial charge in [-0.05, 0) is 271 Å². The number of aliphatic hydroxyl groups is 5. The molecule has 10 aliphatic rings. The number of nitrogens with zero attached hydrogens (tertiary/aromatic N) is 5. The fourth-order valence-corrected chi connectivity index (χ4v) is 15.0. The summed E-state index contributed by atoms with van der Waals surface area (Å²) in [6.07, 6.45) is -39.3. The second-order valence-electron chi connectivity index (χ2n) is 29.7. The standard InChI is InChI=1S/5C19H29NO3/c5*1-12(2)7-14-11-20-6-5-13-8-18(22-3)19(23-4)9-15(13)16(20)10-17(14)21/h5*8-9,12,14,16-17,21H,5-7,10-11H2,1-4H3/i4D3,5D2,6D2,8D,9D,10D2,14D,17D;1D3,5D2,6D2,7D2,8D,9D,12D,17D;1D3,4D3,5D2,6D2,7D2,8D,9D,12D;5D2,6D2,8D,9D,10D2,14D,17D;4D3,5D2,6D2,8D,9D. The maximum Gasteiger partial charge on any atom is 0.161 e. The van der Waals surface area contributed by atoms with Gasteiger partial charge in [0.1, 0.15) is 0 Å². The topological polar surface area (TPSA) is 210 Å². The molecule has 20 nitrogen and oxygen atoms in total. The Morgan fingerprint density at radius 3 is 0.948 bits per heavy atom. The lowest BCUT2D eigenvalue weighted by atomic mass is 9.79. The Morgan fingerprint density at radius 1 is 0.365 bits per heavy atom. The van der Waals surface area contributed by atoms with Gasteiger partial charge in [-0.1, -0.05) is 69.1 Å². The smallest absolute Gasteiger partial charge is 0.161 e. The van der Waals surface area contributed by atoms with Crippen molar-refractivity contribution < 1.29 is 155 Å². The molecule has 0 bridgehead atoms. The summed E-state index contributed by atoms with van der Waals surface area (Å²) in [5.41, 5.74) is -4.53. The zero-order valence-corrected chi connectivity index (χ0v) is 66.8. The van der Waals surface area contributed by atoms with Gasteiger partial charge in [-0.3, -0.25) is 24.5 Å². The van der Waals surface area contributed by atoms with E-state index in [4.69, 9.17) is 130 Å². The summed E-state index contributed by atoms with van der Waals surface area (Å²) in [6, 6.07) is -13.9. The van der Waals surface area contributed by atoms with E-state index in [0.717, 1.165) is 49.9 Å². The first-order chi connectivity index (χ1) is 78.3. The van der Waals surface area contributed by atoms with E-state index in [1.807, 2.05) is 13.8 Å². The summed E-state index contributed by atoms with van der Waals surface area (Å²) in [5, 5.41) is 55.2. The molecule has 0 spiro atoms. The molecule has 115 heavy (non-hydrogen) atoms. The lowest BCUT2D eigenvalue weighted by Gasteiger charge is -2.46. The number of hydrogen-bond donors (Lipinski definition) is 5. The molecule has 0 amide bonds. The molecule has 0 saturated carbocycles. The summed E-state index contributed by atoms with van der Waals surface area (Å²) in [7, 11) is -1.20. The molecule has 20 heteroatoms. The van der Waals surface area contributed by atoms with E-state index in [9.17, 15) is 25.5 Å². The Hall–Kier alpha value is -6.30. The molecule has 15 rings (SSSR count). The van der Waals surface area contributed by atoms with Crippen LogP contribution in [0.3, 0.4) is 0 Å². The van der Waals surface area contributed by atoms with Crippen LogP contribution < -0.4 is 47.4 Å². The van der Waals surface area contributed by atoms with Gasteiger partial charge in [0.15, 0.2) is 57.5 Å². The van der Waals surface area contributed by atoms with Crippen LogP contribution in [0.25, 0.3) is 0 Å². The van der Waals surface area contributed by atoms with Gasteiger partial charge >= 0.3 is 0 Å². The molecule has 5 aromatic rings. The van der Waals surface area contributed by atoms with Crippen molar-refractivity contribution in [3.8, 4) is 57.5 Å². The third-order valence-corrected chi connectivity index (χ3v) is 20.2. The number of hydrogen-bond acceptors (Lipinski definition) is 20. The second-order valence-corrected chi connectivity index (χ2v) is 29.7. The molecule has 640 valence electrons. The molecule has 5 fully saturated rings. The number of ether oxygens (including phenoxy) is 10. The van der Waals surface area contributed by atoms with Crippen LogP contribution in [0.2, 0.25) is 0 Å². The zero-order valence-electron chi connectivity index (χ0n) is 127. The first-order valence-electron chi connectivity index (χ1n) is 67.4. The third-order valence-electron chi connectivity index (χ3n) is 20.2. The molecule has 5 aromatic carbocycles. The highest BCUT2D eigenvalue weighted by Gasteiger charge is 2.45. The summed E-state index contributed by atoms with van der Waals surface area (Å²) in [5.74, 6) is -19.1.